The third-order valence-corrected chi connectivity index (χ3v) is 6.19. The van der Waals surface area contributed by atoms with Crippen LogP contribution in [0.25, 0.3) is 6.08 Å². The largest absolute Gasteiger partial charge is 0.442 e. The van der Waals surface area contributed by atoms with E-state index in [0.29, 0.717) is 43.3 Å². The SMILES string of the molecule is CC(=O)NC[C@H]1CN(c2ccc(N3CCN(C(=O)/C=C/c4ccc(OC(C)=O)cc4)CC3)c(F)c2)C(=O)O1. The lowest BCUT2D eigenvalue weighted by atomic mass is 10.2. The molecule has 1 atom stereocenters. The first kappa shape index (κ1) is 26.6. The van der Waals surface area contributed by atoms with E-state index < -0.39 is 24.0 Å². The van der Waals surface area contributed by atoms with Crippen molar-refractivity contribution in [1.82, 2.24) is 10.2 Å². The second kappa shape index (κ2) is 11.8. The third kappa shape index (κ3) is 6.67. The van der Waals surface area contributed by atoms with Gasteiger partial charge in [-0.25, -0.2) is 9.18 Å². The molecule has 0 aromatic heterocycles. The van der Waals surface area contributed by atoms with Crippen LogP contribution in [-0.4, -0.2) is 74.1 Å². The molecule has 2 aliphatic rings. The molecule has 2 saturated heterocycles. The number of hydrogen-bond acceptors (Lipinski definition) is 7. The van der Waals surface area contributed by atoms with Crippen molar-refractivity contribution < 1.29 is 33.0 Å². The van der Waals surface area contributed by atoms with Crippen LogP contribution in [0.15, 0.2) is 48.5 Å². The van der Waals surface area contributed by atoms with Crippen molar-refractivity contribution in [3.63, 3.8) is 0 Å². The van der Waals surface area contributed by atoms with Crippen molar-refractivity contribution in [3.05, 3.63) is 59.9 Å². The predicted molar refractivity (Wildman–Crippen MR) is 138 cm³/mol. The van der Waals surface area contributed by atoms with Crippen LogP contribution in [-0.2, 0) is 19.1 Å². The molecular formula is C27H29FN4O6. The van der Waals surface area contributed by atoms with Crippen LogP contribution in [0, 0.1) is 5.82 Å². The number of piperazine rings is 1. The number of carbonyl (C=O) groups is 4. The summed E-state index contributed by atoms with van der Waals surface area (Å²) in [6.45, 7) is 4.88. The molecule has 0 bridgehead atoms. The van der Waals surface area contributed by atoms with E-state index in [1.54, 1.807) is 47.4 Å². The lowest BCUT2D eigenvalue weighted by molar-refractivity contribution is -0.132. The van der Waals surface area contributed by atoms with Crippen molar-refractivity contribution in [3.8, 4) is 5.75 Å². The smallest absolute Gasteiger partial charge is 0.414 e. The summed E-state index contributed by atoms with van der Waals surface area (Å²) < 4.78 is 25.3. The average molecular weight is 525 g/mol. The van der Waals surface area contributed by atoms with Gasteiger partial charge in [-0.05, 0) is 42.0 Å². The van der Waals surface area contributed by atoms with Gasteiger partial charge in [-0.15, -0.1) is 0 Å². The molecule has 38 heavy (non-hydrogen) atoms. The number of nitrogens with one attached hydrogen (secondary N) is 1. The number of halogens is 1. The van der Waals surface area contributed by atoms with Crippen LogP contribution in [0.3, 0.4) is 0 Å². The number of ether oxygens (including phenoxy) is 2. The highest BCUT2D eigenvalue weighted by atomic mass is 19.1. The van der Waals surface area contributed by atoms with Crippen molar-refractivity contribution in [2.45, 2.75) is 20.0 Å². The number of amides is 3. The molecule has 0 unspecified atom stereocenters. The fraction of sp³-hybridized carbons (Fsp3) is 0.333. The van der Waals surface area contributed by atoms with E-state index in [1.165, 1.54) is 30.9 Å². The number of rotatable bonds is 7. The maximum atomic E-state index is 15.0. The molecule has 2 aromatic rings. The van der Waals surface area contributed by atoms with Crippen LogP contribution >= 0.6 is 0 Å². The molecule has 11 heteroatoms. The molecule has 4 rings (SSSR count). The normalized spacial score (nSPS) is 17.5. The van der Waals surface area contributed by atoms with Gasteiger partial charge in [0.2, 0.25) is 11.8 Å². The predicted octanol–water partition coefficient (Wildman–Crippen LogP) is 2.57. The molecule has 2 aromatic carbocycles. The summed E-state index contributed by atoms with van der Waals surface area (Å²) in [5, 5.41) is 2.61. The minimum atomic E-state index is -0.590. The van der Waals surface area contributed by atoms with Gasteiger partial charge in [0.1, 0.15) is 17.7 Å². The van der Waals surface area contributed by atoms with Gasteiger partial charge >= 0.3 is 12.1 Å². The molecule has 0 saturated carbocycles. The fourth-order valence-corrected chi connectivity index (χ4v) is 4.27. The maximum Gasteiger partial charge on any atom is 0.414 e. The van der Waals surface area contributed by atoms with Crippen molar-refractivity contribution in [2.24, 2.45) is 0 Å². The standard InChI is InChI=1S/C27H29FN4O6/c1-18(33)29-16-23-17-32(27(36)38-23)21-6-9-25(24(28)15-21)30-11-13-31(14-12-30)26(35)10-5-20-3-7-22(8-4-20)37-19(2)34/h3-10,15,23H,11-14,16-17H2,1-2H3,(H,29,33)/b10-5+/t23-/m0/s1. The van der Waals surface area contributed by atoms with E-state index in [1.807, 2.05) is 4.90 Å². The summed E-state index contributed by atoms with van der Waals surface area (Å²) >= 11 is 0. The molecule has 2 fully saturated rings. The van der Waals surface area contributed by atoms with E-state index in [4.69, 9.17) is 9.47 Å². The van der Waals surface area contributed by atoms with Crippen LogP contribution < -0.4 is 19.9 Å². The molecule has 1 N–H and O–H groups in total. The van der Waals surface area contributed by atoms with Gasteiger partial charge in [0.05, 0.1) is 24.5 Å². The van der Waals surface area contributed by atoms with Gasteiger partial charge in [-0.3, -0.25) is 19.3 Å². The number of cyclic esters (lactones) is 1. The highest BCUT2D eigenvalue weighted by molar-refractivity contribution is 5.92. The Kier molecular flexibility index (Phi) is 8.25. The van der Waals surface area contributed by atoms with Crippen LogP contribution in [0.2, 0.25) is 0 Å². The third-order valence-electron chi connectivity index (χ3n) is 6.19. The number of hydrogen-bond donors (Lipinski definition) is 1. The van der Waals surface area contributed by atoms with Crippen molar-refractivity contribution >= 4 is 41.3 Å². The van der Waals surface area contributed by atoms with E-state index in [9.17, 15) is 19.2 Å². The molecule has 10 nitrogen and oxygen atoms in total. The molecule has 2 aliphatic heterocycles. The van der Waals surface area contributed by atoms with Crippen molar-refractivity contribution in [1.29, 1.82) is 0 Å². The molecule has 200 valence electrons. The Morgan fingerprint density at radius 3 is 2.42 bits per heavy atom. The minimum absolute atomic E-state index is 0.147. The van der Waals surface area contributed by atoms with Gasteiger partial charge in [-0.2, -0.15) is 0 Å². The van der Waals surface area contributed by atoms with E-state index >= 15 is 4.39 Å². The summed E-state index contributed by atoms with van der Waals surface area (Å²) in [7, 11) is 0. The zero-order chi connectivity index (χ0) is 27.2. The van der Waals surface area contributed by atoms with Crippen LogP contribution in [0.1, 0.15) is 19.4 Å². The Hall–Kier alpha value is -4.41. The number of esters is 1. The first-order valence-electron chi connectivity index (χ1n) is 12.2. The minimum Gasteiger partial charge on any atom is -0.442 e. The first-order chi connectivity index (χ1) is 18.2. The number of anilines is 2. The Labute approximate surface area is 219 Å². The monoisotopic (exact) mass is 524 g/mol. The molecule has 3 amide bonds. The second-order valence-electron chi connectivity index (χ2n) is 9.00. The van der Waals surface area contributed by atoms with Gasteiger partial charge < -0.3 is 24.6 Å². The number of benzene rings is 2. The van der Waals surface area contributed by atoms with Gasteiger partial charge in [-0.1, -0.05) is 12.1 Å². The molecule has 2 heterocycles. The van der Waals surface area contributed by atoms with E-state index in [0.717, 1.165) is 5.56 Å². The highest BCUT2D eigenvalue weighted by Gasteiger charge is 2.33. The maximum absolute atomic E-state index is 15.0. The molecule has 0 spiro atoms. The van der Waals surface area contributed by atoms with Gasteiger partial charge in [0, 0.05) is 46.1 Å². The fourth-order valence-electron chi connectivity index (χ4n) is 4.27. The highest BCUT2D eigenvalue weighted by Crippen LogP contribution is 2.28. The average Bonchev–Trinajstić information content (AvgIpc) is 3.27. The topological polar surface area (TPSA) is 108 Å². The molecule has 0 radical (unpaired) electrons. The summed E-state index contributed by atoms with van der Waals surface area (Å²) in [5.41, 5.74) is 1.56. The Bertz CT molecular complexity index is 1240. The summed E-state index contributed by atoms with van der Waals surface area (Å²) in [4.78, 5) is 51.9. The number of nitrogens with zero attached hydrogens (tertiary/aromatic N) is 3. The van der Waals surface area contributed by atoms with Crippen LogP contribution in [0.5, 0.6) is 5.75 Å². The van der Waals surface area contributed by atoms with Crippen LogP contribution in [0.4, 0.5) is 20.6 Å². The summed E-state index contributed by atoms with van der Waals surface area (Å²) in [6.07, 6.45) is 2.08. The van der Waals surface area contributed by atoms with E-state index in [-0.39, 0.29) is 24.9 Å². The lowest BCUT2D eigenvalue weighted by Crippen LogP contribution is -2.48. The first-order valence-corrected chi connectivity index (χ1v) is 12.2. The zero-order valence-corrected chi connectivity index (χ0v) is 21.2. The van der Waals surface area contributed by atoms with Crippen molar-refractivity contribution in [2.75, 3.05) is 49.1 Å². The second-order valence-corrected chi connectivity index (χ2v) is 9.00. The molecule has 0 aliphatic carbocycles. The molecular weight excluding hydrogens is 495 g/mol. The van der Waals surface area contributed by atoms with Gasteiger partial charge in [0.15, 0.2) is 0 Å². The zero-order valence-electron chi connectivity index (χ0n) is 21.2. The Morgan fingerprint density at radius 2 is 1.79 bits per heavy atom. The Morgan fingerprint density at radius 1 is 1.08 bits per heavy atom. The summed E-state index contributed by atoms with van der Waals surface area (Å²) in [6, 6.07) is 11.4. The lowest BCUT2D eigenvalue weighted by Gasteiger charge is -2.36. The quantitative estimate of drug-likeness (QED) is 0.337. The number of carbonyl (C=O) groups excluding carboxylic acids is 4. The van der Waals surface area contributed by atoms with Gasteiger partial charge in [0.25, 0.3) is 0 Å². The Balaban J connectivity index is 1.30. The summed E-state index contributed by atoms with van der Waals surface area (Å²) in [5.74, 6) is -0.810. The van der Waals surface area contributed by atoms with E-state index in [2.05, 4.69) is 5.32 Å².